The van der Waals surface area contributed by atoms with Crippen LogP contribution in [0.5, 0.6) is 0 Å². The minimum atomic E-state index is 0.0712. The first-order valence-corrected chi connectivity index (χ1v) is 11.4. The lowest BCUT2D eigenvalue weighted by Gasteiger charge is -2.22. The third-order valence-electron chi connectivity index (χ3n) is 6.13. The van der Waals surface area contributed by atoms with Crippen LogP contribution in [0.4, 0.5) is 5.69 Å². The van der Waals surface area contributed by atoms with Crippen molar-refractivity contribution in [2.45, 2.75) is 57.9 Å². The van der Waals surface area contributed by atoms with Crippen LogP contribution in [-0.4, -0.2) is 23.5 Å². The number of H-pyrrole nitrogens is 1. The quantitative estimate of drug-likeness (QED) is 0.486. The third kappa shape index (κ3) is 5.44. The first-order chi connectivity index (χ1) is 14.7. The molecule has 2 saturated carbocycles. The van der Waals surface area contributed by atoms with E-state index in [-0.39, 0.29) is 5.91 Å². The maximum Gasteiger partial charge on any atom is 0.253 e. The molecule has 1 amide bonds. The van der Waals surface area contributed by atoms with Crippen LogP contribution in [0.1, 0.15) is 61.0 Å². The highest BCUT2D eigenvalue weighted by Gasteiger charge is 2.21. The molecule has 2 aliphatic carbocycles. The zero-order chi connectivity index (χ0) is 20.8. The van der Waals surface area contributed by atoms with Gasteiger partial charge in [0, 0.05) is 34.9 Å². The van der Waals surface area contributed by atoms with Gasteiger partial charge in [0.15, 0.2) is 0 Å². The van der Waals surface area contributed by atoms with Gasteiger partial charge in [0.25, 0.3) is 5.91 Å². The lowest BCUT2D eigenvalue weighted by molar-refractivity contribution is 0.0929. The van der Waals surface area contributed by atoms with E-state index >= 15 is 0 Å². The van der Waals surface area contributed by atoms with Crippen molar-refractivity contribution >= 4 is 22.5 Å². The Hall–Kier alpha value is -2.75. The minimum absolute atomic E-state index is 0.0712. The number of benzene rings is 2. The van der Waals surface area contributed by atoms with Crippen molar-refractivity contribution in [3.05, 3.63) is 65.9 Å². The van der Waals surface area contributed by atoms with Crippen LogP contribution >= 0.6 is 0 Å². The summed E-state index contributed by atoms with van der Waals surface area (Å²) < 4.78 is 0. The lowest BCUT2D eigenvalue weighted by Crippen LogP contribution is -2.36. The Morgan fingerprint density at radius 3 is 2.37 bits per heavy atom. The second-order valence-electron chi connectivity index (χ2n) is 8.67. The van der Waals surface area contributed by atoms with Gasteiger partial charge in [-0.05, 0) is 56.7 Å². The summed E-state index contributed by atoms with van der Waals surface area (Å²) in [5.41, 5.74) is 4.05. The molecular weight excluding hydrogens is 370 g/mol. The molecule has 3 aromatic rings. The normalized spacial score (nSPS) is 16.6. The van der Waals surface area contributed by atoms with Gasteiger partial charge in [-0.3, -0.25) is 4.79 Å². The highest BCUT2D eigenvalue weighted by atomic mass is 16.1. The molecule has 0 aliphatic heterocycles. The number of fused-ring (bicyclic) bond motifs is 1. The number of rotatable bonds is 5. The average molecular weight is 404 g/mol. The molecule has 0 saturated heterocycles. The summed E-state index contributed by atoms with van der Waals surface area (Å²) in [4.78, 5) is 15.8. The van der Waals surface area contributed by atoms with Crippen molar-refractivity contribution in [2.75, 3.05) is 11.9 Å². The Labute approximate surface area is 179 Å². The van der Waals surface area contributed by atoms with Crippen LogP contribution in [0.3, 0.4) is 0 Å². The molecule has 4 nitrogen and oxygen atoms in total. The van der Waals surface area contributed by atoms with Crippen molar-refractivity contribution in [2.24, 2.45) is 5.92 Å². The lowest BCUT2D eigenvalue weighted by atomic mass is 9.95. The molecule has 2 aromatic carbocycles. The zero-order valence-electron chi connectivity index (χ0n) is 17.9. The largest absolute Gasteiger partial charge is 0.385 e. The summed E-state index contributed by atoms with van der Waals surface area (Å²) in [5.74, 6) is 1.03. The second-order valence-corrected chi connectivity index (χ2v) is 8.67. The van der Waals surface area contributed by atoms with E-state index in [1.165, 1.54) is 37.8 Å². The molecule has 1 heterocycles. The van der Waals surface area contributed by atoms with E-state index in [0.29, 0.717) is 6.04 Å². The summed E-state index contributed by atoms with van der Waals surface area (Å²) in [6.07, 6.45) is 8.84. The van der Waals surface area contributed by atoms with Gasteiger partial charge < -0.3 is 15.6 Å². The van der Waals surface area contributed by atoms with Crippen LogP contribution in [0.25, 0.3) is 10.9 Å². The van der Waals surface area contributed by atoms with Crippen molar-refractivity contribution in [3.63, 3.8) is 0 Å². The zero-order valence-corrected chi connectivity index (χ0v) is 17.9. The van der Waals surface area contributed by atoms with Crippen LogP contribution < -0.4 is 10.6 Å². The van der Waals surface area contributed by atoms with E-state index in [0.717, 1.165) is 47.5 Å². The molecule has 0 atom stereocenters. The fraction of sp³-hybridized carbons (Fsp3) is 0.423. The van der Waals surface area contributed by atoms with Crippen molar-refractivity contribution in [3.8, 4) is 0 Å². The number of carbonyl (C=O) groups excluding carboxylic acids is 1. The number of amides is 1. The van der Waals surface area contributed by atoms with E-state index in [1.807, 2.05) is 37.3 Å². The fourth-order valence-electron chi connectivity index (χ4n) is 4.21. The summed E-state index contributed by atoms with van der Waals surface area (Å²) >= 11 is 0. The molecule has 158 valence electrons. The first kappa shape index (κ1) is 20.5. The maximum absolute atomic E-state index is 12.5. The predicted molar refractivity (Wildman–Crippen MR) is 125 cm³/mol. The Kier molecular flexibility index (Phi) is 6.73. The van der Waals surface area contributed by atoms with Gasteiger partial charge in [-0.25, -0.2) is 0 Å². The van der Waals surface area contributed by atoms with Gasteiger partial charge in [-0.1, -0.05) is 55.7 Å². The van der Waals surface area contributed by atoms with Crippen LogP contribution in [0.2, 0.25) is 0 Å². The molecule has 0 bridgehead atoms. The summed E-state index contributed by atoms with van der Waals surface area (Å²) in [6.45, 7) is 3.12. The van der Waals surface area contributed by atoms with Gasteiger partial charge >= 0.3 is 0 Å². The highest BCUT2D eigenvalue weighted by Crippen LogP contribution is 2.28. The predicted octanol–water partition coefficient (Wildman–Crippen LogP) is 6.05. The SMILES string of the molecule is Cc1[nH]c2ccccc2c1C(=O)NC1CCCCC1.c1ccc(NCC2CC2)cc1. The maximum atomic E-state index is 12.5. The topological polar surface area (TPSA) is 56.9 Å². The van der Waals surface area contributed by atoms with Crippen LogP contribution in [0, 0.1) is 12.8 Å². The fourth-order valence-corrected chi connectivity index (χ4v) is 4.21. The van der Waals surface area contributed by atoms with Gasteiger partial charge in [-0.2, -0.15) is 0 Å². The summed E-state index contributed by atoms with van der Waals surface area (Å²) in [7, 11) is 0. The summed E-state index contributed by atoms with van der Waals surface area (Å²) in [5, 5.41) is 7.62. The van der Waals surface area contributed by atoms with E-state index in [4.69, 9.17) is 0 Å². The molecule has 0 radical (unpaired) electrons. The monoisotopic (exact) mass is 403 g/mol. The average Bonchev–Trinajstić information content (AvgIpc) is 3.54. The number of aryl methyl sites for hydroxylation is 1. The molecule has 4 heteroatoms. The Morgan fingerprint density at radius 1 is 0.933 bits per heavy atom. The molecule has 5 rings (SSSR count). The van der Waals surface area contributed by atoms with Crippen LogP contribution in [-0.2, 0) is 0 Å². The minimum Gasteiger partial charge on any atom is -0.385 e. The van der Waals surface area contributed by atoms with Gasteiger partial charge in [0.1, 0.15) is 0 Å². The number of aromatic nitrogens is 1. The molecule has 1 aromatic heterocycles. The summed E-state index contributed by atoms with van der Waals surface area (Å²) in [6, 6.07) is 18.7. The highest BCUT2D eigenvalue weighted by molar-refractivity contribution is 6.08. The molecule has 0 unspecified atom stereocenters. The van der Waals surface area contributed by atoms with E-state index < -0.39 is 0 Å². The van der Waals surface area contributed by atoms with Crippen LogP contribution in [0.15, 0.2) is 54.6 Å². The van der Waals surface area contributed by atoms with Gasteiger partial charge in [0.05, 0.1) is 5.56 Å². The standard InChI is InChI=1S/C16H20N2O.C10H13N/c1-11-15(13-9-5-6-10-14(13)17-11)16(19)18-12-7-3-2-4-8-12;1-2-4-10(5-3-1)11-8-9-6-7-9/h5-6,9-10,12,17H,2-4,7-8H2,1H3,(H,18,19);1-5,9,11H,6-8H2. The Bertz CT molecular complexity index is 953. The Balaban J connectivity index is 0.000000168. The number of anilines is 1. The molecule has 3 N–H and O–H groups in total. The number of hydrogen-bond acceptors (Lipinski definition) is 2. The molecule has 2 fully saturated rings. The number of hydrogen-bond donors (Lipinski definition) is 3. The van der Waals surface area contributed by atoms with Crippen molar-refractivity contribution < 1.29 is 4.79 Å². The number of para-hydroxylation sites is 2. The number of aromatic amines is 1. The van der Waals surface area contributed by atoms with E-state index in [2.05, 4.69) is 39.9 Å². The Morgan fingerprint density at radius 2 is 1.63 bits per heavy atom. The smallest absolute Gasteiger partial charge is 0.253 e. The number of nitrogens with one attached hydrogen (secondary N) is 3. The van der Waals surface area contributed by atoms with Crippen molar-refractivity contribution in [1.82, 2.24) is 10.3 Å². The van der Waals surface area contributed by atoms with Gasteiger partial charge in [0.2, 0.25) is 0 Å². The molecular formula is C26H33N3O. The molecule has 30 heavy (non-hydrogen) atoms. The second kappa shape index (κ2) is 9.84. The van der Waals surface area contributed by atoms with E-state index in [1.54, 1.807) is 0 Å². The van der Waals surface area contributed by atoms with Gasteiger partial charge in [-0.15, -0.1) is 0 Å². The van der Waals surface area contributed by atoms with E-state index in [9.17, 15) is 4.79 Å². The first-order valence-electron chi connectivity index (χ1n) is 11.4. The molecule has 2 aliphatic rings. The number of carbonyl (C=O) groups is 1. The molecule has 0 spiro atoms. The third-order valence-corrected chi connectivity index (χ3v) is 6.13. The van der Waals surface area contributed by atoms with Crippen molar-refractivity contribution in [1.29, 1.82) is 0 Å².